The fourth-order valence-electron chi connectivity index (χ4n) is 1.26. The van der Waals surface area contributed by atoms with Gasteiger partial charge in [0.1, 0.15) is 11.6 Å². The molecular weight excluding hydrogens is 355 g/mol. The van der Waals surface area contributed by atoms with Crippen LogP contribution in [-0.2, 0) is 0 Å². The molecule has 0 saturated carbocycles. The average molecular weight is 364 g/mol. The molecule has 3 N–H and O–H groups in total. The van der Waals surface area contributed by atoms with Crippen LogP contribution in [0.2, 0.25) is 5.02 Å². The Morgan fingerprint density at radius 1 is 1.35 bits per heavy atom. The molecule has 0 amide bonds. The Labute approximate surface area is 116 Å². The Kier molecular flexibility index (Phi) is 3.68. The monoisotopic (exact) mass is 363 g/mol. The molecule has 1 aromatic carbocycles. The number of nitrogens with two attached hydrogens (primary N) is 1. The first-order chi connectivity index (χ1) is 8.06. The molecule has 0 saturated heterocycles. The van der Waals surface area contributed by atoms with Gasteiger partial charge in [-0.1, -0.05) is 11.6 Å². The van der Waals surface area contributed by atoms with E-state index in [2.05, 4.69) is 10.3 Å². The maximum atomic E-state index is 12.9. The third kappa shape index (κ3) is 2.98. The van der Waals surface area contributed by atoms with Crippen LogP contribution < -0.4 is 11.1 Å². The van der Waals surface area contributed by atoms with Crippen LogP contribution in [-0.4, -0.2) is 4.98 Å². The second-order valence-corrected chi connectivity index (χ2v) is 4.92. The van der Waals surface area contributed by atoms with Crippen molar-refractivity contribution in [2.75, 3.05) is 11.1 Å². The minimum absolute atomic E-state index is 0.281. The van der Waals surface area contributed by atoms with Crippen LogP contribution in [0.5, 0.6) is 0 Å². The molecule has 3 nitrogen and oxygen atoms in total. The van der Waals surface area contributed by atoms with Crippen molar-refractivity contribution >= 4 is 51.4 Å². The number of halogens is 3. The van der Waals surface area contributed by atoms with Crippen LogP contribution in [0.3, 0.4) is 0 Å². The Bertz CT molecular complexity index is 513. The number of hydrogen-bond acceptors (Lipinski definition) is 3. The van der Waals surface area contributed by atoms with Gasteiger partial charge in [0.2, 0.25) is 0 Å². The molecule has 0 unspecified atom stereocenters. The Hall–Kier alpha value is -1.08. The van der Waals surface area contributed by atoms with E-state index in [0.717, 1.165) is 9.26 Å². The van der Waals surface area contributed by atoms with Crippen LogP contribution in [0.15, 0.2) is 30.5 Å². The lowest BCUT2D eigenvalue weighted by atomic mass is 10.3. The zero-order chi connectivity index (χ0) is 12.4. The molecular formula is C11H8ClFIN3. The lowest BCUT2D eigenvalue weighted by Crippen LogP contribution is -1.98. The summed E-state index contributed by atoms with van der Waals surface area (Å²) in [7, 11) is 0. The normalized spacial score (nSPS) is 10.3. The van der Waals surface area contributed by atoms with E-state index >= 15 is 0 Å². The minimum Gasteiger partial charge on any atom is -0.397 e. The van der Waals surface area contributed by atoms with E-state index in [4.69, 9.17) is 17.3 Å². The molecule has 0 aliphatic carbocycles. The standard InChI is InChI=1S/C11H8ClFIN3/c12-8-4-7(15)5-16-11(8)17-10-2-1-6(13)3-9(10)14/h1-5H,15H2,(H,16,17). The Balaban J connectivity index is 2.31. The number of anilines is 3. The fourth-order valence-corrected chi connectivity index (χ4v) is 2.10. The van der Waals surface area contributed by atoms with E-state index in [0.29, 0.717) is 16.5 Å². The van der Waals surface area contributed by atoms with E-state index in [1.807, 2.05) is 22.6 Å². The highest BCUT2D eigenvalue weighted by Crippen LogP contribution is 2.27. The number of nitrogens with one attached hydrogen (secondary N) is 1. The minimum atomic E-state index is -0.281. The summed E-state index contributed by atoms with van der Waals surface area (Å²) in [5.74, 6) is 0.210. The van der Waals surface area contributed by atoms with Crippen LogP contribution >= 0.6 is 34.2 Å². The van der Waals surface area contributed by atoms with Crippen LogP contribution in [0.1, 0.15) is 0 Å². The van der Waals surface area contributed by atoms with Gasteiger partial charge in [0, 0.05) is 3.57 Å². The highest BCUT2D eigenvalue weighted by Gasteiger charge is 2.06. The third-order valence-corrected chi connectivity index (χ3v) is 3.23. The van der Waals surface area contributed by atoms with Gasteiger partial charge in [-0.05, 0) is 46.9 Å². The first-order valence-corrected chi connectivity index (χ1v) is 6.15. The number of pyridine rings is 1. The molecule has 17 heavy (non-hydrogen) atoms. The van der Waals surface area contributed by atoms with Gasteiger partial charge >= 0.3 is 0 Å². The number of nitrogens with zero attached hydrogens (tertiary/aromatic N) is 1. The van der Waals surface area contributed by atoms with Gasteiger partial charge in [0.25, 0.3) is 0 Å². The lowest BCUT2D eigenvalue weighted by Gasteiger charge is -2.09. The molecule has 0 radical (unpaired) electrons. The predicted molar refractivity (Wildman–Crippen MR) is 76.1 cm³/mol. The Morgan fingerprint density at radius 2 is 2.12 bits per heavy atom. The van der Waals surface area contributed by atoms with Crippen LogP contribution in [0.25, 0.3) is 0 Å². The molecule has 1 aromatic heterocycles. The highest BCUT2D eigenvalue weighted by molar-refractivity contribution is 14.1. The van der Waals surface area contributed by atoms with Gasteiger partial charge < -0.3 is 11.1 Å². The van der Waals surface area contributed by atoms with Crippen LogP contribution in [0, 0.1) is 9.39 Å². The van der Waals surface area contributed by atoms with Gasteiger partial charge in [0.05, 0.1) is 22.6 Å². The van der Waals surface area contributed by atoms with Crippen molar-refractivity contribution in [1.82, 2.24) is 4.98 Å². The second kappa shape index (κ2) is 5.05. The molecule has 88 valence electrons. The van der Waals surface area contributed by atoms with Gasteiger partial charge in [0.15, 0.2) is 0 Å². The number of rotatable bonds is 2. The van der Waals surface area contributed by atoms with Gasteiger partial charge in [-0.25, -0.2) is 9.37 Å². The molecule has 2 rings (SSSR count). The average Bonchev–Trinajstić information content (AvgIpc) is 2.25. The van der Waals surface area contributed by atoms with Crippen molar-refractivity contribution in [3.05, 3.63) is 44.9 Å². The Morgan fingerprint density at radius 3 is 2.76 bits per heavy atom. The summed E-state index contributed by atoms with van der Waals surface area (Å²) in [6.45, 7) is 0. The quantitative estimate of drug-likeness (QED) is 0.798. The molecule has 0 aliphatic heterocycles. The summed E-state index contributed by atoms with van der Waals surface area (Å²) in [5.41, 5.74) is 6.78. The second-order valence-electron chi connectivity index (χ2n) is 3.35. The van der Waals surface area contributed by atoms with Gasteiger partial charge in [-0.15, -0.1) is 0 Å². The van der Waals surface area contributed by atoms with Crippen molar-refractivity contribution in [1.29, 1.82) is 0 Å². The predicted octanol–water partition coefficient (Wildman–Crippen LogP) is 3.80. The number of nitrogen functional groups attached to an aromatic ring is 1. The third-order valence-electron chi connectivity index (χ3n) is 2.05. The van der Waals surface area contributed by atoms with E-state index < -0.39 is 0 Å². The number of aromatic nitrogens is 1. The fraction of sp³-hybridized carbons (Fsp3) is 0. The number of benzene rings is 1. The van der Waals surface area contributed by atoms with E-state index in [1.165, 1.54) is 18.3 Å². The topological polar surface area (TPSA) is 50.9 Å². The van der Waals surface area contributed by atoms with E-state index in [1.54, 1.807) is 12.1 Å². The largest absolute Gasteiger partial charge is 0.397 e. The van der Waals surface area contributed by atoms with Gasteiger partial charge in [-0.3, -0.25) is 0 Å². The van der Waals surface area contributed by atoms with E-state index in [9.17, 15) is 4.39 Å². The zero-order valence-corrected chi connectivity index (χ0v) is 11.5. The summed E-state index contributed by atoms with van der Waals surface area (Å²) >= 11 is 8.01. The summed E-state index contributed by atoms with van der Waals surface area (Å²) in [4.78, 5) is 4.07. The van der Waals surface area contributed by atoms with Crippen molar-refractivity contribution in [2.45, 2.75) is 0 Å². The summed E-state index contributed by atoms with van der Waals surface area (Å²) < 4.78 is 13.7. The summed E-state index contributed by atoms with van der Waals surface area (Å²) in [5, 5.41) is 3.44. The van der Waals surface area contributed by atoms with Crippen molar-refractivity contribution < 1.29 is 4.39 Å². The summed E-state index contributed by atoms with van der Waals surface area (Å²) in [6, 6.07) is 6.03. The first-order valence-electron chi connectivity index (χ1n) is 4.69. The molecule has 2 aromatic rings. The highest BCUT2D eigenvalue weighted by atomic mass is 127. The maximum Gasteiger partial charge on any atom is 0.149 e. The molecule has 0 atom stereocenters. The van der Waals surface area contributed by atoms with Crippen LogP contribution in [0.4, 0.5) is 21.6 Å². The molecule has 0 bridgehead atoms. The van der Waals surface area contributed by atoms with Crippen molar-refractivity contribution in [3.8, 4) is 0 Å². The van der Waals surface area contributed by atoms with Gasteiger partial charge in [-0.2, -0.15) is 0 Å². The maximum absolute atomic E-state index is 12.9. The SMILES string of the molecule is Nc1cnc(Nc2ccc(F)cc2I)c(Cl)c1. The van der Waals surface area contributed by atoms with Crippen molar-refractivity contribution in [2.24, 2.45) is 0 Å². The first kappa shape index (κ1) is 12.4. The zero-order valence-electron chi connectivity index (χ0n) is 8.55. The van der Waals surface area contributed by atoms with Crippen molar-refractivity contribution in [3.63, 3.8) is 0 Å². The molecule has 0 spiro atoms. The molecule has 0 aliphatic rings. The molecule has 1 heterocycles. The number of hydrogen-bond donors (Lipinski definition) is 2. The van der Waals surface area contributed by atoms with E-state index in [-0.39, 0.29) is 5.82 Å². The summed E-state index contributed by atoms with van der Waals surface area (Å²) in [6.07, 6.45) is 1.50. The lowest BCUT2D eigenvalue weighted by molar-refractivity contribution is 0.627. The molecule has 0 fully saturated rings. The molecule has 6 heteroatoms. The smallest absolute Gasteiger partial charge is 0.149 e.